The van der Waals surface area contributed by atoms with Crippen LogP contribution in [-0.4, -0.2) is 27.6 Å². The van der Waals surface area contributed by atoms with Crippen LogP contribution in [0.2, 0.25) is 18.1 Å². The minimum Gasteiger partial charge on any atom is -0.414 e. The Hall–Kier alpha value is -0.303. The maximum atomic E-state index is 7.34. The lowest BCUT2D eigenvalue weighted by Gasteiger charge is -2.36. The summed E-state index contributed by atoms with van der Waals surface area (Å²) < 4.78 is 18.6. The number of hydrogen-bond donors (Lipinski definition) is 0. The molecular formula is C12H24O2Si. The van der Waals surface area contributed by atoms with Crippen molar-refractivity contribution >= 4 is 8.32 Å². The Morgan fingerprint density at radius 3 is 2.47 bits per heavy atom. The highest BCUT2D eigenvalue weighted by Crippen LogP contribution is 2.36. The maximum absolute atomic E-state index is 7.34. The van der Waals surface area contributed by atoms with E-state index in [1.165, 1.54) is 0 Å². The van der Waals surface area contributed by atoms with Gasteiger partial charge in [-0.2, -0.15) is 0 Å². The van der Waals surface area contributed by atoms with Crippen molar-refractivity contribution in [3.8, 4) is 12.3 Å². The Labute approximate surface area is 96.9 Å². The molecule has 3 heteroatoms. The van der Waals surface area contributed by atoms with Gasteiger partial charge in [-0.3, -0.25) is 0 Å². The van der Waals surface area contributed by atoms with Gasteiger partial charge in [-0.25, -0.2) is 0 Å². The standard InChI is InChI=1S/C12H24O2Si/c1-8-9-13-11(2)10-14-15(6,7)12(3,4)5/h1,11H,9-10H2,2-7H3/t11-/m0/s1/i2D. The highest BCUT2D eigenvalue weighted by molar-refractivity contribution is 6.74. The van der Waals surface area contributed by atoms with Crippen molar-refractivity contribution in [2.24, 2.45) is 0 Å². The summed E-state index contributed by atoms with van der Waals surface area (Å²) in [5.74, 6) is 2.41. The van der Waals surface area contributed by atoms with Crippen molar-refractivity contribution in [2.75, 3.05) is 13.2 Å². The molecular weight excluding hydrogens is 204 g/mol. The van der Waals surface area contributed by atoms with Crippen LogP contribution in [0.15, 0.2) is 0 Å². The van der Waals surface area contributed by atoms with Gasteiger partial charge in [0.25, 0.3) is 0 Å². The first-order valence-electron chi connectivity index (χ1n) is 5.93. The van der Waals surface area contributed by atoms with Crippen LogP contribution >= 0.6 is 0 Å². The molecule has 0 aromatic heterocycles. The van der Waals surface area contributed by atoms with Crippen LogP contribution in [-0.2, 0) is 9.16 Å². The van der Waals surface area contributed by atoms with Gasteiger partial charge in [-0.05, 0) is 25.0 Å². The number of rotatable bonds is 5. The Bertz CT molecular complexity index is 240. The number of hydrogen-bond acceptors (Lipinski definition) is 2. The van der Waals surface area contributed by atoms with Gasteiger partial charge < -0.3 is 9.16 Å². The third-order valence-corrected chi connectivity index (χ3v) is 7.34. The molecule has 0 rings (SSSR count). The van der Waals surface area contributed by atoms with E-state index in [1.54, 1.807) is 0 Å². The van der Waals surface area contributed by atoms with E-state index in [0.29, 0.717) is 6.61 Å². The van der Waals surface area contributed by atoms with Crippen molar-refractivity contribution < 1.29 is 10.5 Å². The van der Waals surface area contributed by atoms with E-state index in [4.69, 9.17) is 17.0 Å². The molecule has 0 unspecified atom stereocenters. The van der Waals surface area contributed by atoms with Gasteiger partial charge in [0.1, 0.15) is 6.61 Å². The lowest BCUT2D eigenvalue weighted by atomic mass is 10.2. The fraction of sp³-hybridized carbons (Fsp3) is 0.833. The van der Waals surface area contributed by atoms with E-state index in [9.17, 15) is 0 Å². The summed E-state index contributed by atoms with van der Waals surface area (Å²) >= 11 is 0. The van der Waals surface area contributed by atoms with Crippen LogP contribution in [0.5, 0.6) is 0 Å². The molecule has 0 heterocycles. The molecule has 0 aromatic rings. The van der Waals surface area contributed by atoms with Crippen molar-refractivity contribution in [2.45, 2.75) is 51.9 Å². The molecule has 0 saturated carbocycles. The molecule has 0 aliphatic rings. The predicted molar refractivity (Wildman–Crippen MR) is 67.4 cm³/mol. The van der Waals surface area contributed by atoms with Crippen LogP contribution in [0.1, 0.15) is 29.0 Å². The first kappa shape index (κ1) is 12.8. The lowest BCUT2D eigenvalue weighted by molar-refractivity contribution is 0.0477. The largest absolute Gasteiger partial charge is 0.414 e. The zero-order valence-electron chi connectivity index (χ0n) is 11.6. The average molecular weight is 229 g/mol. The summed E-state index contributed by atoms with van der Waals surface area (Å²) in [7, 11) is -1.74. The van der Waals surface area contributed by atoms with Gasteiger partial charge in [0, 0.05) is 1.37 Å². The fourth-order valence-corrected chi connectivity index (χ4v) is 1.77. The van der Waals surface area contributed by atoms with Gasteiger partial charge in [0.05, 0.1) is 12.7 Å². The Kier molecular flexibility index (Phi) is 4.84. The molecule has 0 spiro atoms. The summed E-state index contributed by atoms with van der Waals surface area (Å²) in [6.45, 7) is 11.9. The number of ether oxygens (including phenoxy) is 1. The molecule has 0 N–H and O–H groups in total. The Morgan fingerprint density at radius 1 is 1.47 bits per heavy atom. The summed E-state index contributed by atoms with van der Waals surface area (Å²) in [5, 5.41) is 0.186. The van der Waals surface area contributed by atoms with E-state index < -0.39 is 8.32 Å². The molecule has 15 heavy (non-hydrogen) atoms. The summed E-state index contributed by atoms with van der Waals surface area (Å²) in [5.41, 5.74) is 0. The van der Waals surface area contributed by atoms with Gasteiger partial charge in [-0.15, -0.1) is 6.42 Å². The zero-order chi connectivity index (χ0) is 12.8. The second-order valence-corrected chi connectivity index (χ2v) is 10.0. The van der Waals surface area contributed by atoms with Crippen molar-refractivity contribution in [1.82, 2.24) is 0 Å². The second kappa shape index (κ2) is 5.69. The SMILES string of the molecule is [2H]C[C@@H](CO[Si](C)(C)C(C)(C)C)OCC#C. The highest BCUT2D eigenvalue weighted by Gasteiger charge is 2.37. The topological polar surface area (TPSA) is 18.5 Å². The third kappa shape index (κ3) is 5.36. The lowest BCUT2D eigenvalue weighted by Crippen LogP contribution is -2.42. The molecule has 0 aromatic carbocycles. The maximum Gasteiger partial charge on any atom is 0.192 e. The molecule has 0 saturated heterocycles. The van der Waals surface area contributed by atoms with Crippen LogP contribution < -0.4 is 0 Å². The van der Waals surface area contributed by atoms with E-state index in [-0.39, 0.29) is 24.6 Å². The quantitative estimate of drug-likeness (QED) is 0.533. The number of terminal acetylenes is 1. The molecule has 88 valence electrons. The molecule has 0 fully saturated rings. The first-order valence-corrected chi connectivity index (χ1v) is 8.13. The van der Waals surface area contributed by atoms with Crippen molar-refractivity contribution in [1.29, 1.82) is 0 Å². The smallest absolute Gasteiger partial charge is 0.192 e. The minimum atomic E-state index is -1.74. The Morgan fingerprint density at radius 2 is 2.07 bits per heavy atom. The molecule has 2 nitrogen and oxygen atoms in total. The van der Waals surface area contributed by atoms with E-state index in [0.717, 1.165) is 0 Å². The van der Waals surface area contributed by atoms with Gasteiger partial charge in [0.15, 0.2) is 8.32 Å². The van der Waals surface area contributed by atoms with E-state index in [1.807, 2.05) is 0 Å². The van der Waals surface area contributed by atoms with Crippen LogP contribution in [0.4, 0.5) is 0 Å². The fourth-order valence-electron chi connectivity index (χ4n) is 0.732. The van der Waals surface area contributed by atoms with Gasteiger partial charge >= 0.3 is 0 Å². The predicted octanol–water partition coefficient (Wildman–Crippen LogP) is 3.05. The van der Waals surface area contributed by atoms with Crippen LogP contribution in [0, 0.1) is 12.3 Å². The molecule has 0 amide bonds. The van der Waals surface area contributed by atoms with Gasteiger partial charge in [-0.1, -0.05) is 26.7 Å². The monoisotopic (exact) mass is 229 g/mol. The van der Waals surface area contributed by atoms with Crippen molar-refractivity contribution in [3.63, 3.8) is 0 Å². The minimum absolute atomic E-state index is 0.186. The molecule has 1 atom stereocenters. The van der Waals surface area contributed by atoms with Crippen LogP contribution in [0.25, 0.3) is 0 Å². The normalized spacial score (nSPS) is 15.6. The van der Waals surface area contributed by atoms with Crippen LogP contribution in [0.3, 0.4) is 0 Å². The van der Waals surface area contributed by atoms with Gasteiger partial charge in [0.2, 0.25) is 0 Å². The average Bonchev–Trinajstić information content (AvgIpc) is 2.16. The molecule has 0 bridgehead atoms. The summed E-state index contributed by atoms with van der Waals surface area (Å²) in [6, 6.07) is 0. The molecule has 0 aliphatic carbocycles. The first-order chi connectivity index (χ1) is 7.24. The summed E-state index contributed by atoms with van der Waals surface area (Å²) in [6.07, 6.45) is 4.91. The summed E-state index contributed by atoms with van der Waals surface area (Å²) in [4.78, 5) is 0. The second-order valence-electron chi connectivity index (χ2n) is 5.21. The molecule has 0 radical (unpaired) electrons. The third-order valence-electron chi connectivity index (χ3n) is 2.84. The van der Waals surface area contributed by atoms with E-state index >= 15 is 0 Å². The highest BCUT2D eigenvalue weighted by atomic mass is 28.4. The molecule has 0 aliphatic heterocycles. The van der Waals surface area contributed by atoms with E-state index in [2.05, 4.69) is 39.8 Å². The van der Waals surface area contributed by atoms with Crippen molar-refractivity contribution in [3.05, 3.63) is 0 Å². The Balaban J connectivity index is 4.16. The zero-order valence-corrected chi connectivity index (χ0v) is 11.6.